The first-order chi connectivity index (χ1) is 5.72. The Hall–Kier alpha value is -0.280. The van der Waals surface area contributed by atoms with Crippen molar-refractivity contribution in [1.82, 2.24) is 5.32 Å². The summed E-state index contributed by atoms with van der Waals surface area (Å²) >= 11 is 0. The third-order valence-corrected chi connectivity index (χ3v) is 3.43. The zero-order chi connectivity index (χ0) is 8.60. The molecule has 0 aromatic rings. The van der Waals surface area contributed by atoms with Crippen LogP contribution < -0.4 is 11.1 Å². The molecule has 1 saturated heterocycles. The highest BCUT2D eigenvalue weighted by Gasteiger charge is 2.46. The van der Waals surface area contributed by atoms with Gasteiger partial charge in [0.15, 0.2) is 0 Å². The van der Waals surface area contributed by atoms with Crippen molar-refractivity contribution < 1.29 is 4.79 Å². The van der Waals surface area contributed by atoms with Gasteiger partial charge < -0.3 is 11.1 Å². The number of nitrogens with one attached hydrogen (secondary N) is 1. The number of carbonyl (C=O) groups is 1. The van der Waals surface area contributed by atoms with Gasteiger partial charge in [-0.1, -0.05) is 0 Å². The molecule has 76 valence electrons. The molecular formula is C9H17ClN2O. The quantitative estimate of drug-likeness (QED) is 0.660. The average Bonchev–Trinajstić information content (AvgIpc) is 2.01. The van der Waals surface area contributed by atoms with Gasteiger partial charge in [0.2, 0.25) is 5.91 Å². The molecule has 13 heavy (non-hydrogen) atoms. The number of halogens is 1. The fourth-order valence-electron chi connectivity index (χ4n) is 2.55. The summed E-state index contributed by atoms with van der Waals surface area (Å²) in [5.74, 6) is 0.0854. The topological polar surface area (TPSA) is 55.1 Å². The number of rotatable bonds is 1. The van der Waals surface area contributed by atoms with E-state index < -0.39 is 0 Å². The van der Waals surface area contributed by atoms with Gasteiger partial charge >= 0.3 is 0 Å². The van der Waals surface area contributed by atoms with Crippen molar-refractivity contribution in [3.05, 3.63) is 0 Å². The number of piperidine rings is 1. The van der Waals surface area contributed by atoms with Gasteiger partial charge in [-0.2, -0.15) is 0 Å². The molecule has 0 atom stereocenters. The Morgan fingerprint density at radius 3 is 2.31 bits per heavy atom. The minimum atomic E-state index is -0.0980. The predicted molar refractivity (Wildman–Crippen MR) is 53.7 cm³/mol. The number of nitrogens with two attached hydrogens (primary N) is 1. The highest BCUT2D eigenvalue weighted by molar-refractivity contribution is 5.85. The van der Waals surface area contributed by atoms with Gasteiger partial charge in [-0.15, -0.1) is 12.4 Å². The maximum Gasteiger partial charge on any atom is 0.220 e. The molecule has 1 spiro atoms. The van der Waals surface area contributed by atoms with Crippen LogP contribution in [0.2, 0.25) is 0 Å². The number of hydrogen-bond donors (Lipinski definition) is 2. The molecule has 3 nitrogen and oxygen atoms in total. The minimum Gasteiger partial charge on any atom is -0.369 e. The van der Waals surface area contributed by atoms with Crippen LogP contribution in [0.5, 0.6) is 0 Å². The molecule has 0 bridgehead atoms. The standard InChI is InChI=1S/C9H16N2O.ClH/c10-8(12)7-5-9(6-7)1-3-11-4-2-9;/h7,11H,1-6H2,(H2,10,12);1H. The summed E-state index contributed by atoms with van der Waals surface area (Å²) in [6.07, 6.45) is 4.56. The van der Waals surface area contributed by atoms with Crippen molar-refractivity contribution in [3.63, 3.8) is 0 Å². The highest BCUT2D eigenvalue weighted by Crippen LogP contribution is 2.51. The predicted octanol–water partition coefficient (Wildman–Crippen LogP) is 0.673. The lowest BCUT2D eigenvalue weighted by molar-refractivity contribution is -0.130. The van der Waals surface area contributed by atoms with Crippen LogP contribution in [0.25, 0.3) is 0 Å². The maximum absolute atomic E-state index is 10.8. The summed E-state index contributed by atoms with van der Waals surface area (Å²) in [6, 6.07) is 0. The minimum absolute atomic E-state index is 0. The van der Waals surface area contributed by atoms with E-state index in [-0.39, 0.29) is 24.2 Å². The number of hydrogen-bond acceptors (Lipinski definition) is 2. The fourth-order valence-corrected chi connectivity index (χ4v) is 2.55. The lowest BCUT2D eigenvalue weighted by Crippen LogP contribution is -2.49. The Morgan fingerprint density at radius 1 is 1.31 bits per heavy atom. The van der Waals surface area contributed by atoms with E-state index in [2.05, 4.69) is 5.32 Å². The number of primary amides is 1. The van der Waals surface area contributed by atoms with Crippen molar-refractivity contribution in [1.29, 1.82) is 0 Å². The van der Waals surface area contributed by atoms with Crippen LogP contribution in [-0.4, -0.2) is 19.0 Å². The van der Waals surface area contributed by atoms with Crippen LogP contribution >= 0.6 is 12.4 Å². The zero-order valence-corrected chi connectivity index (χ0v) is 8.53. The first-order valence-corrected chi connectivity index (χ1v) is 4.72. The molecule has 0 unspecified atom stereocenters. The summed E-state index contributed by atoms with van der Waals surface area (Å²) < 4.78 is 0. The van der Waals surface area contributed by atoms with Crippen LogP contribution in [0, 0.1) is 11.3 Å². The molecule has 1 aliphatic carbocycles. The molecule has 0 aromatic heterocycles. The van der Waals surface area contributed by atoms with Crippen molar-refractivity contribution >= 4 is 18.3 Å². The number of amides is 1. The summed E-state index contributed by atoms with van der Waals surface area (Å²) in [5, 5.41) is 3.34. The maximum atomic E-state index is 10.8. The van der Waals surface area contributed by atoms with E-state index in [0.29, 0.717) is 5.41 Å². The fraction of sp³-hybridized carbons (Fsp3) is 0.889. The van der Waals surface area contributed by atoms with Crippen molar-refractivity contribution in [3.8, 4) is 0 Å². The van der Waals surface area contributed by atoms with E-state index in [1.54, 1.807) is 0 Å². The third-order valence-electron chi connectivity index (χ3n) is 3.43. The molecule has 0 radical (unpaired) electrons. The normalized spacial score (nSPS) is 26.2. The largest absolute Gasteiger partial charge is 0.369 e. The van der Waals surface area contributed by atoms with Gasteiger partial charge in [0.25, 0.3) is 0 Å². The molecule has 0 aromatic carbocycles. The lowest BCUT2D eigenvalue weighted by atomic mass is 9.57. The summed E-state index contributed by atoms with van der Waals surface area (Å²) in [7, 11) is 0. The van der Waals surface area contributed by atoms with E-state index in [4.69, 9.17) is 5.73 Å². The molecule has 1 saturated carbocycles. The molecule has 4 heteroatoms. The van der Waals surface area contributed by atoms with E-state index in [9.17, 15) is 4.79 Å². The molecule has 2 fully saturated rings. The van der Waals surface area contributed by atoms with Gasteiger partial charge in [-0.25, -0.2) is 0 Å². The van der Waals surface area contributed by atoms with Crippen LogP contribution in [0.15, 0.2) is 0 Å². The monoisotopic (exact) mass is 204 g/mol. The molecule has 1 heterocycles. The average molecular weight is 205 g/mol. The zero-order valence-electron chi connectivity index (χ0n) is 7.71. The first-order valence-electron chi connectivity index (χ1n) is 4.72. The highest BCUT2D eigenvalue weighted by atomic mass is 35.5. The summed E-state index contributed by atoms with van der Waals surface area (Å²) in [6.45, 7) is 2.23. The molecule has 1 amide bonds. The SMILES string of the molecule is Cl.NC(=O)C1CC2(CCNCC2)C1. The van der Waals surface area contributed by atoms with Gasteiger partial charge in [0.05, 0.1) is 0 Å². The molecule has 2 aliphatic rings. The van der Waals surface area contributed by atoms with Gasteiger partial charge in [-0.3, -0.25) is 4.79 Å². The van der Waals surface area contributed by atoms with Gasteiger partial charge in [0, 0.05) is 5.92 Å². The van der Waals surface area contributed by atoms with Crippen LogP contribution in [0.1, 0.15) is 25.7 Å². The van der Waals surface area contributed by atoms with Gasteiger partial charge in [0.1, 0.15) is 0 Å². The van der Waals surface area contributed by atoms with Crippen LogP contribution in [-0.2, 0) is 4.79 Å². The van der Waals surface area contributed by atoms with Crippen molar-refractivity contribution in [2.24, 2.45) is 17.1 Å². The smallest absolute Gasteiger partial charge is 0.220 e. The van der Waals surface area contributed by atoms with Crippen molar-refractivity contribution in [2.45, 2.75) is 25.7 Å². The van der Waals surface area contributed by atoms with Crippen LogP contribution in [0.3, 0.4) is 0 Å². The Bertz CT molecular complexity index is 194. The Morgan fingerprint density at radius 2 is 1.85 bits per heavy atom. The van der Waals surface area contributed by atoms with Crippen molar-refractivity contribution in [2.75, 3.05) is 13.1 Å². The Labute approximate surface area is 84.9 Å². The van der Waals surface area contributed by atoms with E-state index in [1.807, 2.05) is 0 Å². The summed E-state index contributed by atoms with van der Waals surface area (Å²) in [4.78, 5) is 10.8. The van der Waals surface area contributed by atoms with Crippen LogP contribution in [0.4, 0.5) is 0 Å². The molecular weight excluding hydrogens is 188 g/mol. The van der Waals surface area contributed by atoms with E-state index >= 15 is 0 Å². The van der Waals surface area contributed by atoms with E-state index in [1.165, 1.54) is 12.8 Å². The van der Waals surface area contributed by atoms with E-state index in [0.717, 1.165) is 25.9 Å². The molecule has 2 rings (SSSR count). The molecule has 3 N–H and O–H groups in total. The van der Waals surface area contributed by atoms with Gasteiger partial charge in [-0.05, 0) is 44.2 Å². The third kappa shape index (κ3) is 1.97. The Kier molecular flexibility index (Phi) is 3.19. The molecule has 1 aliphatic heterocycles. The summed E-state index contributed by atoms with van der Waals surface area (Å²) in [5.41, 5.74) is 5.72. The first kappa shape index (κ1) is 10.8. The Balaban J connectivity index is 0.000000845. The number of carbonyl (C=O) groups excluding carboxylic acids is 1. The second kappa shape index (κ2) is 3.84. The second-order valence-corrected chi connectivity index (χ2v) is 4.26. The lowest BCUT2D eigenvalue weighted by Gasteiger charge is -2.49. The second-order valence-electron chi connectivity index (χ2n) is 4.26.